The number of carbonyl (C=O) groups excluding carboxylic acids is 5. The number of Topliss-reactive ketones (excluding diaryl/α,β-unsaturated/α-hetero) is 3. The Morgan fingerprint density at radius 1 is 0.871 bits per heavy atom. The number of morpholine rings is 1. The first kappa shape index (κ1) is 46.4. The number of aromatic hydroxyl groups is 1. The molecule has 4 N–H and O–H groups in total. The van der Waals surface area contributed by atoms with Crippen LogP contribution in [-0.4, -0.2) is 156 Å². The number of hydrogen-bond acceptors (Lipinski definition) is 15. The second kappa shape index (κ2) is 18.7. The molecule has 0 spiro atoms. The van der Waals surface area contributed by atoms with Gasteiger partial charge >= 0.3 is 11.9 Å². The van der Waals surface area contributed by atoms with E-state index in [9.17, 15) is 39.3 Å². The van der Waals surface area contributed by atoms with E-state index in [4.69, 9.17) is 23.7 Å². The molecule has 1 aromatic rings. The van der Waals surface area contributed by atoms with Crippen molar-refractivity contribution in [2.75, 3.05) is 66.6 Å². The summed E-state index contributed by atoms with van der Waals surface area (Å²) in [5.41, 5.74) is -1.46. The van der Waals surface area contributed by atoms with Crippen LogP contribution in [0.3, 0.4) is 0 Å². The number of amides is 2. The zero-order valence-electron chi connectivity index (χ0n) is 36.9. The lowest BCUT2D eigenvalue weighted by Crippen LogP contribution is -2.51. The number of phenols is 1. The molecular weight excluding hydrogens is 805 g/mol. The molecule has 2 saturated heterocycles. The lowest BCUT2D eigenvalue weighted by atomic mass is 9.78. The van der Waals surface area contributed by atoms with E-state index in [0.29, 0.717) is 26.2 Å². The summed E-state index contributed by atoms with van der Waals surface area (Å²) in [4.78, 5) is 76.5. The van der Waals surface area contributed by atoms with E-state index in [1.165, 1.54) is 46.3 Å². The highest BCUT2D eigenvalue weighted by Crippen LogP contribution is 2.49. The predicted molar refractivity (Wildman–Crippen MR) is 224 cm³/mol. The van der Waals surface area contributed by atoms with E-state index >= 15 is 0 Å². The molecule has 2 fully saturated rings. The van der Waals surface area contributed by atoms with Gasteiger partial charge in [0.05, 0.1) is 54.5 Å². The van der Waals surface area contributed by atoms with Crippen molar-refractivity contribution in [1.29, 1.82) is 0 Å². The monoisotopic (exact) mass is 864 g/mol. The Labute approximate surface area is 361 Å². The third kappa shape index (κ3) is 8.78. The van der Waals surface area contributed by atoms with Crippen molar-refractivity contribution in [2.45, 2.75) is 78.7 Å². The van der Waals surface area contributed by atoms with Gasteiger partial charge in [-0.2, -0.15) is 0 Å². The Morgan fingerprint density at radius 2 is 1.53 bits per heavy atom. The summed E-state index contributed by atoms with van der Waals surface area (Å²) in [5, 5.41) is 37.5. The molecule has 338 valence electrons. The quantitative estimate of drug-likeness (QED) is 0.344. The first-order chi connectivity index (χ1) is 29.3. The summed E-state index contributed by atoms with van der Waals surface area (Å²) < 4.78 is 29.7. The normalized spacial score (nSPS) is 31.8. The summed E-state index contributed by atoms with van der Waals surface area (Å²) in [6, 6.07) is 0. The van der Waals surface area contributed by atoms with Gasteiger partial charge in [-0.05, 0) is 27.0 Å². The predicted octanol–water partition coefficient (Wildman–Crippen LogP) is 3.11. The maximum absolute atomic E-state index is 14.8. The number of nitrogens with zero attached hydrogens (tertiary/aromatic N) is 3. The van der Waals surface area contributed by atoms with Crippen LogP contribution in [-0.2, 0) is 23.7 Å². The standard InChI is InChI=1S/C45H60N4O13/c1-23-11-10-12-24(2)43(56)46-33-34(48-18-21-59-22-19-48)39(54)30-31(38(33)53)37(52)28(6)41-32(30)42(55)45(7,62-41)60-20-13-29(58-9)25(3)40(27(5)36(51)26(4)35(23)50)61-44(57)49-16-14-47(8)15-17-49/h10-13,20,23,25-27,29,35-36,40,50-52H,14-19,21-22H2,1-9H3,(H,46,56)/t23-,25+,26+,27+,29-,35-,36+,40+,45-/m0/s1. The fourth-order valence-electron chi connectivity index (χ4n) is 8.75. The zero-order chi connectivity index (χ0) is 45.4. The largest absolute Gasteiger partial charge is 0.507 e. The van der Waals surface area contributed by atoms with Crippen molar-refractivity contribution in [3.05, 3.63) is 69.8 Å². The van der Waals surface area contributed by atoms with Crippen LogP contribution in [0.1, 0.15) is 78.2 Å². The van der Waals surface area contributed by atoms with Crippen LogP contribution >= 0.6 is 0 Å². The highest BCUT2D eigenvalue weighted by molar-refractivity contribution is 6.32. The Balaban J connectivity index is 1.44. The lowest BCUT2D eigenvalue weighted by molar-refractivity contribution is -0.116. The number of rotatable bonds is 3. The van der Waals surface area contributed by atoms with Crippen molar-refractivity contribution in [3.8, 4) is 11.5 Å². The number of hydrogen-bond donors (Lipinski definition) is 4. The Hall–Kier alpha value is -5.07. The minimum absolute atomic E-state index is 0.00303. The fraction of sp³-hybridized carbons (Fsp3) is 0.578. The lowest BCUT2D eigenvalue weighted by Gasteiger charge is -2.39. The minimum Gasteiger partial charge on any atom is -0.507 e. The number of aliphatic hydroxyl groups excluding tert-OH is 2. The molecule has 5 heterocycles. The van der Waals surface area contributed by atoms with E-state index in [1.54, 1.807) is 49.6 Å². The molecule has 7 rings (SSSR count). The van der Waals surface area contributed by atoms with Crippen LogP contribution < -0.4 is 10.1 Å². The van der Waals surface area contributed by atoms with Crippen LogP contribution in [0.15, 0.2) is 47.5 Å². The molecule has 1 aliphatic carbocycles. The molecule has 17 nitrogen and oxygen atoms in total. The van der Waals surface area contributed by atoms with Crippen LogP contribution in [0.5, 0.6) is 11.5 Å². The molecule has 0 saturated carbocycles. The Morgan fingerprint density at radius 3 is 2.18 bits per heavy atom. The van der Waals surface area contributed by atoms with Crippen molar-refractivity contribution in [1.82, 2.24) is 20.0 Å². The second-order valence-corrected chi connectivity index (χ2v) is 17.2. The zero-order valence-corrected chi connectivity index (χ0v) is 36.9. The number of aliphatic hydroxyl groups is 2. The van der Waals surface area contributed by atoms with Gasteiger partial charge in [0.2, 0.25) is 11.6 Å². The first-order valence-electron chi connectivity index (χ1n) is 21.2. The van der Waals surface area contributed by atoms with Gasteiger partial charge in [-0.25, -0.2) is 4.79 Å². The van der Waals surface area contributed by atoms with Crippen LogP contribution in [0, 0.1) is 30.6 Å². The van der Waals surface area contributed by atoms with Gasteiger partial charge in [-0.3, -0.25) is 19.2 Å². The van der Waals surface area contributed by atoms with Crippen molar-refractivity contribution < 1.29 is 63.0 Å². The molecule has 5 bridgehead atoms. The van der Waals surface area contributed by atoms with E-state index in [0.717, 1.165) is 0 Å². The summed E-state index contributed by atoms with van der Waals surface area (Å²) >= 11 is 0. The highest BCUT2D eigenvalue weighted by Gasteiger charge is 2.53. The van der Waals surface area contributed by atoms with Gasteiger partial charge < -0.3 is 59.0 Å². The van der Waals surface area contributed by atoms with Gasteiger partial charge in [-0.15, -0.1) is 0 Å². The van der Waals surface area contributed by atoms with E-state index < -0.39 is 94.5 Å². The van der Waals surface area contributed by atoms with E-state index in [-0.39, 0.29) is 65.7 Å². The van der Waals surface area contributed by atoms with Crippen LogP contribution in [0.4, 0.5) is 4.79 Å². The molecule has 1 aromatic carbocycles. The van der Waals surface area contributed by atoms with Crippen LogP contribution in [0.2, 0.25) is 0 Å². The molecular formula is C45H60N4O13. The fourth-order valence-corrected chi connectivity index (χ4v) is 8.75. The summed E-state index contributed by atoms with van der Waals surface area (Å²) in [7, 11) is 3.42. The SMILES string of the molecule is CO[C@H]1C=CO[C@@]2(C)Oc3c(C)c(O)c4c(c3C2=O)C(=O)C(N2CCOCC2)=C(NC(=O)C(C)=CC=C[C@H](C)[C@H](O)[C@@H](C)[C@@H](O)[C@@H](C)[C@H](OC(=O)N2CCN(C)CC2)[C@@H]1C)C4=O. The molecule has 0 aromatic heterocycles. The first-order valence-corrected chi connectivity index (χ1v) is 21.2. The summed E-state index contributed by atoms with van der Waals surface area (Å²) in [6.07, 6.45) is 2.85. The van der Waals surface area contributed by atoms with Gasteiger partial charge in [-0.1, -0.05) is 45.9 Å². The van der Waals surface area contributed by atoms with Gasteiger partial charge in [0.15, 0.2) is 0 Å². The summed E-state index contributed by atoms with van der Waals surface area (Å²) in [6.45, 7) is 14.3. The minimum atomic E-state index is -2.09. The number of fused-ring (bicyclic) bond motifs is 14. The number of piperazine rings is 1. The number of benzene rings is 1. The molecule has 2 amide bonds. The molecule has 17 heteroatoms. The number of ether oxygens (including phenoxy) is 5. The van der Waals surface area contributed by atoms with E-state index in [2.05, 4.69) is 10.2 Å². The van der Waals surface area contributed by atoms with Gasteiger partial charge in [0, 0.05) is 88.1 Å². The van der Waals surface area contributed by atoms with Crippen molar-refractivity contribution >= 4 is 29.4 Å². The maximum atomic E-state index is 14.8. The number of allylic oxidation sites excluding steroid dienone is 4. The number of nitrogens with one attached hydrogen (secondary N) is 1. The smallest absolute Gasteiger partial charge is 0.410 e. The topological polar surface area (TPSA) is 214 Å². The van der Waals surface area contributed by atoms with Crippen LogP contribution in [0.25, 0.3) is 0 Å². The number of phenolic OH excluding ortho intramolecular Hbond substituents is 1. The number of methoxy groups -OCH3 is 1. The third-order valence-corrected chi connectivity index (χ3v) is 13.0. The van der Waals surface area contributed by atoms with E-state index in [1.807, 2.05) is 7.05 Å². The Kier molecular flexibility index (Phi) is 14.0. The number of ketones is 3. The molecule has 0 radical (unpaired) electrons. The number of likely N-dealkylation sites (N-methyl/N-ethyl adjacent to an activating group) is 1. The third-order valence-electron chi connectivity index (χ3n) is 13.0. The molecule has 5 aliphatic heterocycles. The molecule has 6 aliphatic rings. The second-order valence-electron chi connectivity index (χ2n) is 17.2. The van der Waals surface area contributed by atoms with Crippen molar-refractivity contribution in [2.24, 2.45) is 23.7 Å². The average Bonchev–Trinajstić information content (AvgIpc) is 3.52. The molecule has 9 atom stereocenters. The maximum Gasteiger partial charge on any atom is 0.410 e. The van der Waals surface area contributed by atoms with Crippen molar-refractivity contribution in [3.63, 3.8) is 0 Å². The number of carbonyl (C=O) groups is 5. The molecule has 62 heavy (non-hydrogen) atoms. The Bertz CT molecular complexity index is 2080. The molecule has 0 unspecified atom stereocenters. The van der Waals surface area contributed by atoms with Gasteiger partial charge in [0.25, 0.3) is 11.7 Å². The van der Waals surface area contributed by atoms with Gasteiger partial charge in [0.1, 0.15) is 29.0 Å². The summed E-state index contributed by atoms with van der Waals surface area (Å²) in [5.74, 6) is -8.61. The average molecular weight is 865 g/mol. The highest BCUT2D eigenvalue weighted by atomic mass is 16.7.